The standard InChI is InChI=1S/C8HF7O3/c9-2-1(7(16)17)3(10)5(12)6(4(2)11)18-8(13,14)15/h(H,16,17). The second kappa shape index (κ2) is 4.35. The number of benzene rings is 1. The lowest BCUT2D eigenvalue weighted by molar-refractivity contribution is -0.276. The molecule has 10 heteroatoms. The molecule has 0 bridgehead atoms. The topological polar surface area (TPSA) is 46.5 Å². The molecule has 0 amide bonds. The van der Waals surface area contributed by atoms with Crippen LogP contribution in [0.15, 0.2) is 0 Å². The summed E-state index contributed by atoms with van der Waals surface area (Å²) in [7, 11) is 0. The van der Waals surface area contributed by atoms with Crippen molar-refractivity contribution in [2.24, 2.45) is 0 Å². The molecular formula is C8HF7O3. The number of rotatable bonds is 2. The molecule has 0 saturated carbocycles. The third kappa shape index (κ3) is 2.46. The van der Waals surface area contributed by atoms with Gasteiger partial charge in [-0.3, -0.25) is 0 Å². The zero-order valence-corrected chi connectivity index (χ0v) is 7.91. The molecular weight excluding hydrogens is 277 g/mol. The Morgan fingerprint density at radius 2 is 1.33 bits per heavy atom. The van der Waals surface area contributed by atoms with E-state index in [0.717, 1.165) is 0 Å². The smallest absolute Gasteiger partial charge is 0.477 e. The van der Waals surface area contributed by atoms with Gasteiger partial charge in [-0.25, -0.2) is 13.6 Å². The van der Waals surface area contributed by atoms with Crippen molar-refractivity contribution in [3.05, 3.63) is 28.8 Å². The molecule has 0 aliphatic heterocycles. The maximum Gasteiger partial charge on any atom is 0.573 e. The van der Waals surface area contributed by atoms with Crippen LogP contribution in [-0.2, 0) is 0 Å². The lowest BCUT2D eigenvalue weighted by Crippen LogP contribution is -2.21. The van der Waals surface area contributed by atoms with Crippen LogP contribution in [0.1, 0.15) is 10.4 Å². The molecule has 1 N–H and O–H groups in total. The second-order valence-corrected chi connectivity index (χ2v) is 2.81. The van der Waals surface area contributed by atoms with Gasteiger partial charge in [0, 0.05) is 0 Å². The molecule has 1 aromatic rings. The highest BCUT2D eigenvalue weighted by Gasteiger charge is 2.38. The quantitative estimate of drug-likeness (QED) is 0.668. The number of alkyl halides is 3. The number of carbonyl (C=O) groups is 1. The van der Waals surface area contributed by atoms with E-state index >= 15 is 0 Å². The van der Waals surface area contributed by atoms with Crippen LogP contribution >= 0.6 is 0 Å². The molecule has 0 aliphatic rings. The van der Waals surface area contributed by atoms with Crippen molar-refractivity contribution < 1.29 is 45.4 Å². The van der Waals surface area contributed by atoms with E-state index in [1.54, 1.807) is 0 Å². The van der Waals surface area contributed by atoms with Gasteiger partial charge in [-0.15, -0.1) is 13.2 Å². The normalized spacial score (nSPS) is 11.5. The molecule has 100 valence electrons. The summed E-state index contributed by atoms with van der Waals surface area (Å²) in [5, 5.41) is 8.24. The fourth-order valence-corrected chi connectivity index (χ4v) is 1.00. The van der Waals surface area contributed by atoms with Gasteiger partial charge in [-0.05, 0) is 0 Å². The Morgan fingerprint density at radius 3 is 1.61 bits per heavy atom. The zero-order valence-electron chi connectivity index (χ0n) is 7.91. The summed E-state index contributed by atoms with van der Waals surface area (Å²) in [6, 6.07) is 0. The number of ether oxygens (including phenoxy) is 1. The van der Waals surface area contributed by atoms with Gasteiger partial charge in [-0.2, -0.15) is 8.78 Å². The van der Waals surface area contributed by atoms with E-state index in [1.165, 1.54) is 0 Å². The minimum atomic E-state index is -5.61. The highest BCUT2D eigenvalue weighted by atomic mass is 19.4. The van der Waals surface area contributed by atoms with Crippen LogP contribution in [0.4, 0.5) is 30.7 Å². The average Bonchev–Trinajstić information content (AvgIpc) is 2.20. The number of hydrogen-bond acceptors (Lipinski definition) is 2. The average molecular weight is 278 g/mol. The summed E-state index contributed by atoms with van der Waals surface area (Å²) in [5.41, 5.74) is -2.06. The molecule has 0 fully saturated rings. The number of halogens is 7. The Labute approximate surface area is 93.4 Å². The first-order valence-corrected chi connectivity index (χ1v) is 3.91. The molecule has 3 nitrogen and oxygen atoms in total. The molecule has 0 aromatic heterocycles. The summed E-state index contributed by atoms with van der Waals surface area (Å²) in [4.78, 5) is 10.3. The minimum Gasteiger partial charge on any atom is -0.477 e. The first-order chi connectivity index (χ1) is 8.06. The molecule has 0 saturated heterocycles. The van der Waals surface area contributed by atoms with Crippen molar-refractivity contribution in [3.63, 3.8) is 0 Å². The van der Waals surface area contributed by atoms with Gasteiger partial charge < -0.3 is 9.84 Å². The van der Waals surface area contributed by atoms with Crippen molar-refractivity contribution in [2.45, 2.75) is 6.36 Å². The van der Waals surface area contributed by atoms with Gasteiger partial charge in [0.25, 0.3) is 0 Å². The SMILES string of the molecule is O=C(O)c1c(F)c(F)c(OC(F)(F)F)c(F)c1F. The maximum atomic E-state index is 12.9. The van der Waals surface area contributed by atoms with E-state index in [4.69, 9.17) is 5.11 Å². The molecule has 0 spiro atoms. The summed E-state index contributed by atoms with van der Waals surface area (Å²) in [5.74, 6) is -15.0. The summed E-state index contributed by atoms with van der Waals surface area (Å²) in [6.45, 7) is 0. The molecule has 0 aliphatic carbocycles. The third-order valence-electron chi connectivity index (χ3n) is 1.65. The van der Waals surface area contributed by atoms with E-state index in [1.807, 2.05) is 0 Å². The number of aromatic carboxylic acids is 1. The Bertz CT molecular complexity index is 479. The Balaban J connectivity index is 3.54. The zero-order chi connectivity index (χ0) is 14.2. The molecule has 1 rings (SSSR count). The van der Waals surface area contributed by atoms with Crippen molar-refractivity contribution in [1.82, 2.24) is 0 Å². The van der Waals surface area contributed by atoms with Gasteiger partial charge in [0.2, 0.25) is 17.4 Å². The molecule has 0 radical (unpaired) electrons. The van der Waals surface area contributed by atoms with Gasteiger partial charge >= 0.3 is 12.3 Å². The number of hydrogen-bond donors (Lipinski definition) is 1. The van der Waals surface area contributed by atoms with Crippen LogP contribution in [0.3, 0.4) is 0 Å². The lowest BCUT2D eigenvalue weighted by Gasteiger charge is -2.12. The molecule has 0 heterocycles. The largest absolute Gasteiger partial charge is 0.573 e. The van der Waals surface area contributed by atoms with Crippen LogP contribution in [0.2, 0.25) is 0 Å². The molecule has 18 heavy (non-hydrogen) atoms. The van der Waals surface area contributed by atoms with E-state index in [0.29, 0.717) is 0 Å². The number of carboxylic acid groups (broad SMARTS) is 1. The Kier molecular flexibility index (Phi) is 3.40. The highest BCUT2D eigenvalue weighted by Crippen LogP contribution is 2.33. The second-order valence-electron chi connectivity index (χ2n) is 2.81. The van der Waals surface area contributed by atoms with E-state index < -0.39 is 46.9 Å². The van der Waals surface area contributed by atoms with Gasteiger partial charge in [0.1, 0.15) is 5.56 Å². The van der Waals surface area contributed by atoms with Crippen molar-refractivity contribution in [1.29, 1.82) is 0 Å². The molecule has 0 atom stereocenters. The number of carboxylic acids is 1. The molecule has 0 unspecified atom stereocenters. The van der Waals surface area contributed by atoms with Crippen LogP contribution in [-0.4, -0.2) is 17.4 Å². The monoisotopic (exact) mass is 278 g/mol. The van der Waals surface area contributed by atoms with E-state index in [-0.39, 0.29) is 0 Å². The summed E-state index contributed by atoms with van der Waals surface area (Å²) < 4.78 is 89.5. The Hall–Kier alpha value is -2.00. The first kappa shape index (κ1) is 14.1. The van der Waals surface area contributed by atoms with E-state index in [2.05, 4.69) is 4.74 Å². The summed E-state index contributed by atoms with van der Waals surface area (Å²) >= 11 is 0. The minimum absolute atomic E-state index is 2.06. The highest BCUT2D eigenvalue weighted by molar-refractivity contribution is 5.88. The van der Waals surface area contributed by atoms with Crippen molar-refractivity contribution >= 4 is 5.97 Å². The van der Waals surface area contributed by atoms with Crippen LogP contribution < -0.4 is 4.74 Å². The summed E-state index contributed by atoms with van der Waals surface area (Å²) in [6.07, 6.45) is -5.61. The van der Waals surface area contributed by atoms with Crippen molar-refractivity contribution in [3.8, 4) is 5.75 Å². The van der Waals surface area contributed by atoms with E-state index in [9.17, 15) is 35.5 Å². The maximum absolute atomic E-state index is 12.9. The molecule has 1 aromatic carbocycles. The lowest BCUT2D eigenvalue weighted by atomic mass is 10.1. The third-order valence-corrected chi connectivity index (χ3v) is 1.65. The predicted molar refractivity (Wildman–Crippen MR) is 39.9 cm³/mol. The van der Waals surface area contributed by atoms with Crippen LogP contribution in [0, 0.1) is 23.3 Å². The fourth-order valence-electron chi connectivity index (χ4n) is 1.00. The Morgan fingerprint density at radius 1 is 0.944 bits per heavy atom. The van der Waals surface area contributed by atoms with Gasteiger partial charge in [0.15, 0.2) is 11.6 Å². The van der Waals surface area contributed by atoms with Gasteiger partial charge in [0.05, 0.1) is 0 Å². The van der Waals surface area contributed by atoms with Crippen LogP contribution in [0.5, 0.6) is 5.75 Å². The van der Waals surface area contributed by atoms with Gasteiger partial charge in [-0.1, -0.05) is 0 Å². The van der Waals surface area contributed by atoms with Crippen LogP contribution in [0.25, 0.3) is 0 Å². The first-order valence-electron chi connectivity index (χ1n) is 3.91. The fraction of sp³-hybridized carbons (Fsp3) is 0.125. The predicted octanol–water partition coefficient (Wildman–Crippen LogP) is 2.84. The van der Waals surface area contributed by atoms with Crippen molar-refractivity contribution in [2.75, 3.05) is 0 Å².